The highest BCUT2D eigenvalue weighted by Crippen LogP contribution is 2.18. The summed E-state index contributed by atoms with van der Waals surface area (Å²) in [5.74, 6) is 4.72. The highest BCUT2D eigenvalue weighted by atomic mass is 16.5. The molecule has 2 atom stereocenters. The zero-order valence-corrected chi connectivity index (χ0v) is 9.43. The van der Waals surface area contributed by atoms with Gasteiger partial charge in [0, 0.05) is 5.56 Å². The van der Waals surface area contributed by atoms with Crippen LogP contribution in [0.2, 0.25) is 0 Å². The fraction of sp³-hybridized carbons (Fsp3) is 0.357. The number of hydrogen-bond donors (Lipinski definition) is 1. The van der Waals surface area contributed by atoms with Gasteiger partial charge in [-0.05, 0) is 25.0 Å². The van der Waals surface area contributed by atoms with Gasteiger partial charge in [0.25, 0.3) is 0 Å². The summed E-state index contributed by atoms with van der Waals surface area (Å²) in [4.78, 5) is 11.4. The second kappa shape index (κ2) is 5.51. The summed E-state index contributed by atoms with van der Waals surface area (Å²) in [7, 11) is 0. The van der Waals surface area contributed by atoms with Gasteiger partial charge < -0.3 is 9.84 Å². The lowest BCUT2D eigenvalue weighted by Crippen LogP contribution is -2.32. The van der Waals surface area contributed by atoms with Crippen molar-refractivity contribution in [1.82, 2.24) is 0 Å². The standard InChI is InChI=1S/C14H14O3/c15-13(12-7-4-10-17-14(12)16)9-8-11-5-2-1-3-6-11/h1-3,5-6,12-13,15H,4,7,10H2/t12-,13+/m0/s1. The number of carbonyl (C=O) groups is 1. The maximum absolute atomic E-state index is 11.4. The van der Waals surface area contributed by atoms with Crippen LogP contribution < -0.4 is 0 Å². The smallest absolute Gasteiger partial charge is 0.312 e. The lowest BCUT2D eigenvalue weighted by Gasteiger charge is -2.22. The number of hydrogen-bond acceptors (Lipinski definition) is 3. The molecule has 0 spiro atoms. The van der Waals surface area contributed by atoms with Crippen LogP contribution in [0.4, 0.5) is 0 Å². The van der Waals surface area contributed by atoms with Gasteiger partial charge in [-0.15, -0.1) is 0 Å². The van der Waals surface area contributed by atoms with Gasteiger partial charge in [-0.25, -0.2) is 0 Å². The largest absolute Gasteiger partial charge is 0.465 e. The summed E-state index contributed by atoms with van der Waals surface area (Å²) in [6, 6.07) is 9.38. The second-order valence-electron chi connectivity index (χ2n) is 4.00. The van der Waals surface area contributed by atoms with Crippen LogP contribution >= 0.6 is 0 Å². The number of esters is 1. The normalized spacial score (nSPS) is 21.0. The Balaban J connectivity index is 2.04. The van der Waals surface area contributed by atoms with Gasteiger partial charge in [0.05, 0.1) is 12.5 Å². The summed E-state index contributed by atoms with van der Waals surface area (Å²) in [5.41, 5.74) is 0.829. The molecule has 3 heteroatoms. The van der Waals surface area contributed by atoms with E-state index in [1.54, 1.807) is 0 Å². The van der Waals surface area contributed by atoms with E-state index in [4.69, 9.17) is 4.74 Å². The van der Waals surface area contributed by atoms with Crippen molar-refractivity contribution >= 4 is 5.97 Å². The number of aliphatic hydroxyl groups excluding tert-OH is 1. The fourth-order valence-corrected chi connectivity index (χ4v) is 1.77. The third-order valence-corrected chi connectivity index (χ3v) is 2.73. The van der Waals surface area contributed by atoms with Gasteiger partial charge in [-0.1, -0.05) is 30.0 Å². The van der Waals surface area contributed by atoms with E-state index in [0.717, 1.165) is 12.0 Å². The van der Waals surface area contributed by atoms with Crippen LogP contribution in [-0.4, -0.2) is 23.8 Å². The third kappa shape index (κ3) is 3.08. The van der Waals surface area contributed by atoms with Crippen LogP contribution in [0.1, 0.15) is 18.4 Å². The van der Waals surface area contributed by atoms with Crippen LogP contribution in [0.5, 0.6) is 0 Å². The minimum absolute atomic E-state index is 0.342. The molecule has 1 saturated heterocycles. The fourth-order valence-electron chi connectivity index (χ4n) is 1.77. The third-order valence-electron chi connectivity index (χ3n) is 2.73. The molecule has 0 aliphatic carbocycles. The van der Waals surface area contributed by atoms with Gasteiger partial charge in [-0.2, -0.15) is 0 Å². The van der Waals surface area contributed by atoms with Crippen molar-refractivity contribution in [3.63, 3.8) is 0 Å². The Morgan fingerprint density at radius 1 is 1.35 bits per heavy atom. The number of ether oxygens (including phenoxy) is 1. The quantitative estimate of drug-likeness (QED) is 0.585. The molecule has 1 aliphatic heterocycles. The predicted octanol–water partition coefficient (Wildman–Crippen LogP) is 1.35. The summed E-state index contributed by atoms with van der Waals surface area (Å²) in [6.07, 6.45) is 0.493. The maximum Gasteiger partial charge on any atom is 0.312 e. The molecule has 0 amide bonds. The van der Waals surface area contributed by atoms with Crippen molar-refractivity contribution in [3.8, 4) is 11.8 Å². The first kappa shape index (κ1) is 11.7. The molecule has 0 saturated carbocycles. The summed E-state index contributed by atoms with van der Waals surface area (Å²) < 4.78 is 4.90. The average molecular weight is 230 g/mol. The first-order valence-corrected chi connectivity index (χ1v) is 5.68. The lowest BCUT2D eigenvalue weighted by atomic mass is 9.95. The Labute approximate surface area is 100 Å². The Kier molecular flexibility index (Phi) is 3.79. The van der Waals surface area contributed by atoms with Gasteiger partial charge in [-0.3, -0.25) is 4.79 Å². The highest BCUT2D eigenvalue weighted by Gasteiger charge is 2.29. The summed E-state index contributed by atoms with van der Waals surface area (Å²) >= 11 is 0. The van der Waals surface area contributed by atoms with E-state index < -0.39 is 12.0 Å². The minimum Gasteiger partial charge on any atom is -0.465 e. The summed E-state index contributed by atoms with van der Waals surface area (Å²) in [6.45, 7) is 0.453. The van der Waals surface area contributed by atoms with Crippen molar-refractivity contribution in [3.05, 3.63) is 35.9 Å². The molecule has 1 aromatic carbocycles. The Morgan fingerprint density at radius 3 is 2.82 bits per heavy atom. The first-order chi connectivity index (χ1) is 8.27. The maximum atomic E-state index is 11.4. The van der Waals surface area contributed by atoms with Crippen molar-refractivity contribution < 1.29 is 14.6 Å². The van der Waals surface area contributed by atoms with Crippen molar-refractivity contribution in [1.29, 1.82) is 0 Å². The molecule has 1 aliphatic rings. The van der Waals surface area contributed by atoms with Crippen molar-refractivity contribution in [2.75, 3.05) is 6.61 Å². The molecule has 88 valence electrons. The number of aliphatic hydroxyl groups is 1. The van der Waals surface area contributed by atoms with E-state index >= 15 is 0 Å². The number of carbonyl (C=O) groups excluding carboxylic acids is 1. The predicted molar refractivity (Wildman–Crippen MR) is 63.0 cm³/mol. The summed E-state index contributed by atoms with van der Waals surface area (Å²) in [5, 5.41) is 9.83. The molecule has 0 radical (unpaired) electrons. The monoisotopic (exact) mass is 230 g/mol. The molecule has 17 heavy (non-hydrogen) atoms. The van der Waals surface area contributed by atoms with Crippen LogP contribution in [0.15, 0.2) is 30.3 Å². The van der Waals surface area contributed by atoms with Crippen LogP contribution in [0.3, 0.4) is 0 Å². The van der Waals surface area contributed by atoms with E-state index in [1.807, 2.05) is 30.3 Å². The zero-order chi connectivity index (χ0) is 12.1. The molecular formula is C14H14O3. The van der Waals surface area contributed by atoms with E-state index in [9.17, 15) is 9.90 Å². The molecular weight excluding hydrogens is 216 g/mol. The number of cyclic esters (lactones) is 1. The molecule has 1 aromatic rings. The lowest BCUT2D eigenvalue weighted by molar-refractivity contribution is -0.156. The van der Waals surface area contributed by atoms with Crippen molar-refractivity contribution in [2.24, 2.45) is 5.92 Å². The average Bonchev–Trinajstić information content (AvgIpc) is 2.38. The highest BCUT2D eigenvalue weighted by molar-refractivity contribution is 5.74. The molecule has 1 fully saturated rings. The minimum atomic E-state index is -0.942. The number of benzene rings is 1. The molecule has 0 aromatic heterocycles. The van der Waals surface area contributed by atoms with E-state index in [1.165, 1.54) is 0 Å². The topological polar surface area (TPSA) is 46.5 Å². The molecule has 0 unspecified atom stereocenters. The van der Waals surface area contributed by atoms with Crippen LogP contribution in [0, 0.1) is 17.8 Å². The molecule has 1 N–H and O–H groups in total. The Hall–Kier alpha value is -1.79. The van der Waals surface area contributed by atoms with Gasteiger partial charge in [0.1, 0.15) is 6.10 Å². The molecule has 1 heterocycles. The molecule has 3 nitrogen and oxygen atoms in total. The van der Waals surface area contributed by atoms with Gasteiger partial charge >= 0.3 is 5.97 Å². The SMILES string of the molecule is O=C1OCCC[C@H]1[C@H](O)C#Cc1ccccc1. The number of rotatable bonds is 1. The zero-order valence-electron chi connectivity index (χ0n) is 9.43. The van der Waals surface area contributed by atoms with Crippen LogP contribution in [-0.2, 0) is 9.53 Å². The molecule has 2 rings (SSSR count). The Bertz CT molecular complexity index is 442. The van der Waals surface area contributed by atoms with E-state index in [2.05, 4.69) is 11.8 Å². The van der Waals surface area contributed by atoms with Crippen LogP contribution in [0.25, 0.3) is 0 Å². The second-order valence-corrected chi connectivity index (χ2v) is 4.00. The van der Waals surface area contributed by atoms with Gasteiger partial charge in [0.15, 0.2) is 0 Å². The van der Waals surface area contributed by atoms with Crippen molar-refractivity contribution in [2.45, 2.75) is 18.9 Å². The van der Waals surface area contributed by atoms with Gasteiger partial charge in [0.2, 0.25) is 0 Å². The molecule has 0 bridgehead atoms. The van der Waals surface area contributed by atoms with E-state index in [0.29, 0.717) is 13.0 Å². The van der Waals surface area contributed by atoms with E-state index in [-0.39, 0.29) is 5.97 Å². The Morgan fingerprint density at radius 2 is 2.12 bits per heavy atom. The first-order valence-electron chi connectivity index (χ1n) is 5.68.